The van der Waals surface area contributed by atoms with Gasteiger partial charge < -0.3 is 14.7 Å². The van der Waals surface area contributed by atoms with E-state index in [1.54, 1.807) is 11.8 Å². The molecular weight excluding hydrogens is 394 g/mol. The average Bonchev–Trinajstić information content (AvgIpc) is 3.31. The lowest BCUT2D eigenvalue weighted by Gasteiger charge is -2.19. The molecule has 1 amide bonds. The first kappa shape index (κ1) is 20.5. The molecule has 1 N–H and O–H groups in total. The second-order valence-corrected chi connectivity index (χ2v) is 8.67. The zero-order valence-corrected chi connectivity index (χ0v) is 18.3. The Balaban J connectivity index is 1.22. The van der Waals surface area contributed by atoms with Crippen molar-refractivity contribution < 1.29 is 9.32 Å². The van der Waals surface area contributed by atoms with E-state index in [9.17, 15) is 4.79 Å². The summed E-state index contributed by atoms with van der Waals surface area (Å²) < 4.78 is 5.16. The predicted octanol–water partition coefficient (Wildman–Crippen LogP) is 4.40. The summed E-state index contributed by atoms with van der Waals surface area (Å²) in [5, 5.41) is 6.95. The predicted molar refractivity (Wildman–Crippen MR) is 122 cm³/mol. The Hall–Kier alpha value is -2.73. The summed E-state index contributed by atoms with van der Waals surface area (Å²) in [6.07, 6.45) is 1.12. The van der Waals surface area contributed by atoms with Gasteiger partial charge in [0.25, 0.3) is 0 Å². The molecule has 0 saturated carbocycles. The maximum Gasteiger partial charge on any atom is 0.230 e. The summed E-state index contributed by atoms with van der Waals surface area (Å²) in [5.74, 6) is 2.04. The number of fused-ring (bicyclic) bond motifs is 1. The van der Waals surface area contributed by atoms with Gasteiger partial charge in [-0.25, -0.2) is 0 Å². The van der Waals surface area contributed by atoms with Gasteiger partial charge in [0.15, 0.2) is 0 Å². The Morgan fingerprint density at radius 1 is 1.13 bits per heavy atom. The van der Waals surface area contributed by atoms with Crippen molar-refractivity contribution in [2.24, 2.45) is 0 Å². The van der Waals surface area contributed by atoms with Crippen LogP contribution in [0.4, 0.5) is 5.69 Å². The molecule has 0 bridgehead atoms. The summed E-state index contributed by atoms with van der Waals surface area (Å²) in [6.45, 7) is 6.38. The van der Waals surface area contributed by atoms with E-state index in [0.717, 1.165) is 47.8 Å². The van der Waals surface area contributed by atoms with Gasteiger partial charge in [-0.3, -0.25) is 4.79 Å². The van der Waals surface area contributed by atoms with E-state index in [0.29, 0.717) is 12.3 Å². The molecule has 0 fully saturated rings. The third-order valence-electron chi connectivity index (χ3n) is 5.53. The minimum atomic E-state index is 0.0458. The van der Waals surface area contributed by atoms with Crippen LogP contribution in [0.1, 0.15) is 33.7 Å². The monoisotopic (exact) mass is 421 g/mol. The second kappa shape index (κ2) is 9.39. The minimum Gasteiger partial charge on any atom is -0.367 e. The lowest BCUT2D eigenvalue weighted by atomic mass is 10.1. The molecule has 3 aromatic rings. The summed E-state index contributed by atoms with van der Waals surface area (Å²) in [5.41, 5.74) is 7.18. The number of anilines is 1. The Bertz CT molecular complexity index is 994. The first-order valence-corrected chi connectivity index (χ1v) is 11.4. The average molecular weight is 422 g/mol. The number of carbonyl (C=O) groups is 1. The largest absolute Gasteiger partial charge is 0.367 e. The van der Waals surface area contributed by atoms with Gasteiger partial charge in [0, 0.05) is 36.6 Å². The van der Waals surface area contributed by atoms with E-state index >= 15 is 0 Å². The summed E-state index contributed by atoms with van der Waals surface area (Å²) in [6, 6.07) is 17.2. The third-order valence-corrected chi connectivity index (χ3v) is 6.49. The zero-order valence-electron chi connectivity index (χ0n) is 17.5. The van der Waals surface area contributed by atoms with Crippen molar-refractivity contribution in [3.05, 3.63) is 82.2 Å². The van der Waals surface area contributed by atoms with Gasteiger partial charge in [-0.05, 0) is 43.0 Å². The molecule has 4 rings (SSSR count). The Morgan fingerprint density at radius 3 is 2.67 bits per heavy atom. The molecule has 1 aliphatic heterocycles. The molecule has 0 radical (unpaired) electrons. The first-order valence-electron chi connectivity index (χ1n) is 10.3. The Kier molecular flexibility index (Phi) is 6.43. The fourth-order valence-corrected chi connectivity index (χ4v) is 4.76. The van der Waals surface area contributed by atoms with E-state index in [2.05, 4.69) is 63.9 Å². The molecule has 1 aromatic heterocycles. The van der Waals surface area contributed by atoms with Gasteiger partial charge >= 0.3 is 0 Å². The van der Waals surface area contributed by atoms with Gasteiger partial charge in [-0.1, -0.05) is 47.6 Å². The van der Waals surface area contributed by atoms with Crippen LogP contribution in [0, 0.1) is 13.8 Å². The molecule has 1 aliphatic rings. The van der Waals surface area contributed by atoms with Gasteiger partial charge in [-0.15, -0.1) is 11.8 Å². The smallest absolute Gasteiger partial charge is 0.230 e. The maximum atomic E-state index is 12.2. The number of carbonyl (C=O) groups excluding carboxylic acids is 1. The fraction of sp³-hybridized carbons (Fsp3) is 0.333. The van der Waals surface area contributed by atoms with Crippen molar-refractivity contribution in [3.8, 4) is 0 Å². The van der Waals surface area contributed by atoms with Gasteiger partial charge in [0.05, 0.1) is 11.4 Å². The number of benzene rings is 2. The maximum absolute atomic E-state index is 12.2. The molecule has 6 heteroatoms. The summed E-state index contributed by atoms with van der Waals surface area (Å²) >= 11 is 1.58. The van der Waals surface area contributed by atoms with E-state index in [-0.39, 0.29) is 5.91 Å². The summed E-state index contributed by atoms with van der Waals surface area (Å²) in [4.78, 5) is 14.6. The number of amides is 1. The van der Waals surface area contributed by atoms with Crippen LogP contribution in [0.2, 0.25) is 0 Å². The van der Waals surface area contributed by atoms with Crippen molar-refractivity contribution in [2.75, 3.05) is 17.2 Å². The molecular formula is C24H27N3O2S. The molecule has 0 spiro atoms. The van der Waals surface area contributed by atoms with Gasteiger partial charge in [-0.2, -0.15) is 0 Å². The second-order valence-electron chi connectivity index (χ2n) is 7.69. The van der Waals surface area contributed by atoms with Crippen molar-refractivity contribution in [2.45, 2.75) is 39.1 Å². The highest BCUT2D eigenvalue weighted by Gasteiger charge is 2.18. The summed E-state index contributed by atoms with van der Waals surface area (Å²) in [7, 11) is 0. The molecule has 5 nitrogen and oxygen atoms in total. The van der Waals surface area contributed by atoms with Crippen molar-refractivity contribution in [1.82, 2.24) is 10.5 Å². The highest BCUT2D eigenvalue weighted by atomic mass is 32.2. The number of nitrogens with one attached hydrogen (secondary N) is 1. The molecule has 2 aromatic carbocycles. The fourth-order valence-electron chi connectivity index (χ4n) is 3.76. The van der Waals surface area contributed by atoms with Gasteiger partial charge in [0.2, 0.25) is 5.91 Å². The molecule has 0 aliphatic carbocycles. The number of rotatable bonds is 8. The van der Waals surface area contributed by atoms with Crippen LogP contribution in [-0.2, 0) is 30.1 Å². The zero-order chi connectivity index (χ0) is 20.9. The molecule has 0 saturated heterocycles. The lowest BCUT2D eigenvalue weighted by Crippen LogP contribution is -2.24. The molecule has 156 valence electrons. The quantitative estimate of drug-likeness (QED) is 0.584. The van der Waals surface area contributed by atoms with Gasteiger partial charge in [0.1, 0.15) is 5.76 Å². The van der Waals surface area contributed by atoms with Crippen LogP contribution in [0.5, 0.6) is 0 Å². The van der Waals surface area contributed by atoms with Crippen molar-refractivity contribution in [1.29, 1.82) is 0 Å². The number of aryl methyl sites for hydroxylation is 2. The number of thioether (sulfide) groups is 1. The molecule has 0 atom stereocenters. The third kappa shape index (κ3) is 4.87. The number of hydrogen-bond donors (Lipinski definition) is 1. The van der Waals surface area contributed by atoms with Crippen LogP contribution in [0.15, 0.2) is 53.1 Å². The lowest BCUT2D eigenvalue weighted by molar-refractivity contribution is -0.118. The van der Waals surface area contributed by atoms with E-state index in [1.165, 1.54) is 16.8 Å². The van der Waals surface area contributed by atoms with Crippen LogP contribution >= 0.6 is 11.8 Å². The standard InChI is InChI=1S/C24H27N3O2S/c1-17-22(18(2)29-26-17)15-30-16-24(28)25-13-19-7-9-20(10-8-19)14-27-12-11-21-5-3-4-6-23(21)27/h3-10H,11-16H2,1-2H3,(H,25,28). The van der Waals surface area contributed by atoms with Crippen LogP contribution in [-0.4, -0.2) is 23.4 Å². The van der Waals surface area contributed by atoms with E-state index < -0.39 is 0 Å². The Morgan fingerprint density at radius 2 is 1.90 bits per heavy atom. The number of para-hydroxylation sites is 1. The molecule has 30 heavy (non-hydrogen) atoms. The topological polar surface area (TPSA) is 58.4 Å². The number of hydrogen-bond acceptors (Lipinski definition) is 5. The van der Waals surface area contributed by atoms with E-state index in [4.69, 9.17) is 4.52 Å². The normalized spacial score (nSPS) is 12.8. The Labute approximate surface area is 181 Å². The van der Waals surface area contributed by atoms with Crippen molar-refractivity contribution in [3.63, 3.8) is 0 Å². The van der Waals surface area contributed by atoms with Crippen LogP contribution in [0.25, 0.3) is 0 Å². The van der Waals surface area contributed by atoms with Crippen LogP contribution < -0.4 is 10.2 Å². The number of aromatic nitrogens is 1. The van der Waals surface area contributed by atoms with E-state index in [1.807, 2.05) is 13.8 Å². The molecule has 0 unspecified atom stereocenters. The SMILES string of the molecule is Cc1noc(C)c1CSCC(=O)NCc1ccc(CN2CCc3ccccc32)cc1. The molecule has 2 heterocycles. The number of nitrogens with zero attached hydrogens (tertiary/aromatic N) is 2. The van der Waals surface area contributed by atoms with Crippen LogP contribution in [0.3, 0.4) is 0 Å². The highest BCUT2D eigenvalue weighted by Crippen LogP contribution is 2.28. The van der Waals surface area contributed by atoms with Crippen molar-refractivity contribution >= 4 is 23.4 Å². The first-order chi connectivity index (χ1) is 14.6. The highest BCUT2D eigenvalue weighted by molar-refractivity contribution is 7.99. The minimum absolute atomic E-state index is 0.0458.